The fraction of sp³-hybridized carbons (Fsp3) is 0.731. The highest BCUT2D eigenvalue weighted by Gasteiger charge is 2.29. The predicted octanol–water partition coefficient (Wildman–Crippen LogP) is 31.2. The van der Waals surface area contributed by atoms with Gasteiger partial charge in [0.1, 0.15) is 6.61 Å². The summed E-state index contributed by atoms with van der Waals surface area (Å²) in [6.07, 6.45) is 37.5. The molecule has 7 aliphatic carbocycles. The molecule has 4 fully saturated rings. The van der Waals surface area contributed by atoms with E-state index >= 15 is 0 Å². The largest absolute Gasteiger partial charge is 0.445 e. The second-order valence-electron chi connectivity index (χ2n) is 29.5. The quantitative estimate of drug-likeness (QED) is 0.191. The van der Waals surface area contributed by atoms with Gasteiger partial charge in [-0.3, -0.25) is 0 Å². The van der Waals surface area contributed by atoms with Crippen LogP contribution < -0.4 is 5.32 Å². The molecule has 96 heavy (non-hydrogen) atoms. The number of hydrogen-bond donors (Lipinski definition) is 1. The van der Waals surface area contributed by atoms with Gasteiger partial charge in [-0.15, -0.1) is 0 Å². The summed E-state index contributed by atoms with van der Waals surface area (Å²) in [6, 6.07) is 34.3. The van der Waals surface area contributed by atoms with Crippen molar-refractivity contribution in [2.45, 2.75) is 388 Å². The molecule has 1 N–H and O–H groups in total. The first-order valence-corrected chi connectivity index (χ1v) is 41.3. The van der Waals surface area contributed by atoms with E-state index in [9.17, 15) is 4.79 Å². The predicted molar refractivity (Wildman–Crippen MR) is 442 cm³/mol. The summed E-state index contributed by atoms with van der Waals surface area (Å²) in [6.45, 7) is 63.9. The number of cyclic esters (lactones) is 1. The van der Waals surface area contributed by atoms with E-state index < -0.39 is 0 Å². The van der Waals surface area contributed by atoms with Gasteiger partial charge in [-0.05, 0) is 181 Å². The fourth-order valence-electron chi connectivity index (χ4n) is 11.6. The topological polar surface area (TPSA) is 38.3 Å². The third kappa shape index (κ3) is 64.8. The number of fused-ring (bicyclic) bond motifs is 6. The Morgan fingerprint density at radius 1 is 0.260 bits per heavy atom. The van der Waals surface area contributed by atoms with Gasteiger partial charge in [-0.2, -0.15) is 0 Å². The molecule has 0 saturated heterocycles. The van der Waals surface area contributed by atoms with Crippen molar-refractivity contribution in [3.05, 3.63) is 142 Å². The summed E-state index contributed by atoms with van der Waals surface area (Å²) < 4.78 is 4.88. The number of nitrogens with one attached hydrogen (secondary N) is 1. The monoisotopic (exact) mass is 1340 g/mol. The van der Waals surface area contributed by atoms with Gasteiger partial charge in [0.05, 0.1) is 0 Å². The van der Waals surface area contributed by atoms with Gasteiger partial charge in [0, 0.05) is 6.54 Å². The molecule has 3 nitrogen and oxygen atoms in total. The number of ether oxygens (including phenoxy) is 1. The molecule has 4 aromatic rings. The lowest BCUT2D eigenvalue weighted by Gasteiger charge is -2.24. The van der Waals surface area contributed by atoms with Crippen molar-refractivity contribution in [2.24, 2.45) is 59.2 Å². The molecule has 1 heterocycles. The van der Waals surface area contributed by atoms with E-state index in [1.807, 2.05) is 107 Å². The van der Waals surface area contributed by atoms with Crippen molar-refractivity contribution in [2.75, 3.05) is 0 Å². The van der Waals surface area contributed by atoms with Crippen LogP contribution in [0.2, 0.25) is 0 Å². The second-order valence-corrected chi connectivity index (χ2v) is 29.5. The molecular weight excluding hydrogens is 1160 g/mol. The first-order valence-electron chi connectivity index (χ1n) is 41.3. The average Bonchev–Trinajstić information content (AvgIpc) is 1.20. The Balaban J connectivity index is -0.000000231. The molecule has 562 valence electrons. The molecule has 0 aromatic heterocycles. The fourth-order valence-corrected chi connectivity index (χ4v) is 11.6. The highest BCUT2D eigenvalue weighted by Crippen LogP contribution is 2.42. The molecule has 0 radical (unpaired) electrons. The number of amides is 1. The zero-order valence-corrected chi connectivity index (χ0v) is 70.6. The minimum Gasteiger partial charge on any atom is -0.445 e. The molecule has 1 amide bonds. The van der Waals surface area contributed by atoms with E-state index in [1.165, 1.54) is 139 Å². The van der Waals surface area contributed by atoms with Crippen molar-refractivity contribution in [3.8, 4) is 0 Å². The van der Waals surface area contributed by atoms with Gasteiger partial charge in [-0.1, -0.05) is 395 Å². The highest BCUT2D eigenvalue weighted by molar-refractivity contribution is 5.68. The van der Waals surface area contributed by atoms with Gasteiger partial charge in [0.15, 0.2) is 0 Å². The molecule has 12 rings (SSSR count). The maximum atomic E-state index is 10.8. The van der Waals surface area contributed by atoms with E-state index in [0.717, 1.165) is 46.6 Å². The number of aryl methyl sites for hydroxylation is 6. The smallest absolute Gasteiger partial charge is 0.407 e. The van der Waals surface area contributed by atoms with Crippen LogP contribution in [-0.2, 0) is 56.4 Å². The van der Waals surface area contributed by atoms with Crippen LogP contribution in [0.25, 0.3) is 0 Å². The summed E-state index contributed by atoms with van der Waals surface area (Å²) in [4.78, 5) is 10.8. The lowest BCUT2D eigenvalue weighted by molar-refractivity contribution is 0.143. The summed E-state index contributed by atoms with van der Waals surface area (Å²) in [5.41, 5.74) is 11.7. The van der Waals surface area contributed by atoms with Gasteiger partial charge in [0.25, 0.3) is 0 Å². The van der Waals surface area contributed by atoms with Crippen LogP contribution in [0.1, 0.15) is 381 Å². The molecule has 3 heteroatoms. The van der Waals surface area contributed by atoms with Crippen LogP contribution in [0.5, 0.6) is 0 Å². The van der Waals surface area contributed by atoms with Crippen LogP contribution in [0.3, 0.4) is 0 Å². The second kappa shape index (κ2) is 75.4. The van der Waals surface area contributed by atoms with Crippen molar-refractivity contribution in [1.82, 2.24) is 5.32 Å². The number of alkyl carbamates (subject to hydrolysis) is 1. The van der Waals surface area contributed by atoms with Gasteiger partial charge in [-0.25, -0.2) is 4.79 Å². The zero-order valence-electron chi connectivity index (χ0n) is 70.6. The molecule has 8 aliphatic rings. The Kier molecular flexibility index (Phi) is 81.0. The van der Waals surface area contributed by atoms with E-state index in [4.69, 9.17) is 4.74 Å². The first kappa shape index (κ1) is 103. The zero-order chi connectivity index (χ0) is 74.5. The molecule has 4 saturated carbocycles. The van der Waals surface area contributed by atoms with E-state index in [1.54, 1.807) is 84.7 Å². The van der Waals surface area contributed by atoms with Crippen LogP contribution in [0.15, 0.2) is 97.1 Å². The summed E-state index contributed by atoms with van der Waals surface area (Å²) >= 11 is 0. The van der Waals surface area contributed by atoms with Crippen molar-refractivity contribution < 1.29 is 9.53 Å². The molecule has 0 bridgehead atoms. The van der Waals surface area contributed by atoms with Gasteiger partial charge >= 0.3 is 6.09 Å². The molecular formula is C93H173NO2. The lowest BCUT2D eigenvalue weighted by Crippen LogP contribution is -2.20. The van der Waals surface area contributed by atoms with Gasteiger partial charge < -0.3 is 10.1 Å². The Bertz CT molecular complexity index is 1820. The number of benzene rings is 4. The SMILES string of the molecule is C1CCC2CCCC2C1.C1CCC2CCCC2C1.CC.CC.CC.CC.CC.CC.CC(C)C.CC(C)C.CC(C)C.CC(C)C.CC(C)C.CC(C)C.O=C1NCc2ccccc2CO1.c1ccc2c(c1)CCCC2.c1ccc2c(c1)CCCC2.c1ccc2c(c1)CCCC2. The number of carbonyl (C=O) groups is 1. The summed E-state index contributed by atoms with van der Waals surface area (Å²) in [5.74, 6) is 9.66. The van der Waals surface area contributed by atoms with Crippen LogP contribution in [0.4, 0.5) is 4.79 Å². The minimum absolute atomic E-state index is 0.341. The highest BCUT2D eigenvalue weighted by atomic mass is 16.5. The van der Waals surface area contributed by atoms with Crippen LogP contribution in [-0.4, -0.2) is 6.09 Å². The maximum absolute atomic E-state index is 10.8. The van der Waals surface area contributed by atoms with Crippen molar-refractivity contribution in [1.29, 1.82) is 0 Å². The molecule has 4 atom stereocenters. The number of hydrogen-bond acceptors (Lipinski definition) is 2. The van der Waals surface area contributed by atoms with Crippen LogP contribution >= 0.6 is 0 Å². The summed E-state index contributed by atoms with van der Waals surface area (Å²) in [5, 5.41) is 2.64. The Morgan fingerprint density at radius 3 is 0.625 bits per heavy atom. The molecule has 0 spiro atoms. The average molecular weight is 1340 g/mol. The molecule has 4 aromatic carbocycles. The number of carbonyl (C=O) groups excluding carboxylic acids is 1. The number of rotatable bonds is 0. The van der Waals surface area contributed by atoms with Gasteiger partial charge in [0.2, 0.25) is 0 Å². The molecule has 4 unspecified atom stereocenters. The third-order valence-electron chi connectivity index (χ3n) is 15.1. The van der Waals surface area contributed by atoms with E-state index in [-0.39, 0.29) is 6.09 Å². The lowest BCUT2D eigenvalue weighted by atomic mass is 9.82. The van der Waals surface area contributed by atoms with E-state index in [2.05, 4.69) is 203 Å². The minimum atomic E-state index is -0.341. The van der Waals surface area contributed by atoms with Crippen molar-refractivity contribution in [3.63, 3.8) is 0 Å². The maximum Gasteiger partial charge on any atom is 0.407 e. The normalized spacial score (nSPS) is 17.7. The first-order chi connectivity index (χ1) is 46.1. The Morgan fingerprint density at radius 2 is 0.427 bits per heavy atom. The van der Waals surface area contributed by atoms with E-state index in [0.29, 0.717) is 13.2 Å². The summed E-state index contributed by atoms with van der Waals surface area (Å²) in [7, 11) is 0. The Hall–Kier alpha value is -3.85. The van der Waals surface area contributed by atoms with Crippen molar-refractivity contribution >= 4 is 6.09 Å². The van der Waals surface area contributed by atoms with Crippen LogP contribution in [0, 0.1) is 59.2 Å². The standard InChI is InChI=1S/3C10H12.C9H9NO2.2C9H16.6C4H10.6C2H6/c3*1-2-6-10-8-4-3-7-9(10)5-1;11-9-10-5-7-3-1-2-4-8(7)6-12-9;2*1-2-5-9-7-3-6-8(9)4-1;6*1-4(2)3;6*1-2/h3*1-2,5-6H,3-4,7-8H2;1-4H,5-6H2,(H,10,11);2*8-9H,1-7H2;6*4H,1-3H3;6*1-2H3. The molecule has 1 aliphatic heterocycles. The third-order valence-corrected chi connectivity index (χ3v) is 15.1. The Labute approximate surface area is 606 Å².